The molecule has 6 bridgehead atoms. The van der Waals surface area contributed by atoms with E-state index in [9.17, 15) is 19.2 Å². The number of hydrazine groups is 1. The lowest BCUT2D eigenvalue weighted by molar-refractivity contribution is -0.155. The maximum Gasteiger partial charge on any atom is 0.324 e. The molecule has 1 saturated carbocycles. The Labute approximate surface area is 411 Å². The number of amides is 3. The van der Waals surface area contributed by atoms with E-state index in [2.05, 4.69) is 100 Å². The largest absolute Gasteiger partial charge is 0.497 e. The zero-order chi connectivity index (χ0) is 49.7. The second-order valence-electron chi connectivity index (χ2n) is 20.3. The number of benzene rings is 3. The molecule has 2 aromatic heterocycles. The monoisotopic (exact) mass is 949 g/mol. The minimum absolute atomic E-state index is 0.124. The SMILES string of the molecule is CCc1ccncc1-c1c2c3cc(ccc3n1CC)-c1cccc(c1)C[C@H](NC(=O)[C@H](C(C)C)N(C)C(=O)[C@@H]1CC[C@@H](N=C=Nc3ccc(OC)cc3)C1)C(=O)N1CCC[C@H](N1)C(=O)OCC(C)(C)C2. The van der Waals surface area contributed by atoms with Crippen molar-refractivity contribution >= 4 is 46.3 Å². The van der Waals surface area contributed by atoms with E-state index >= 15 is 0 Å². The molecule has 3 amide bonds. The quantitative estimate of drug-likeness (QED) is 0.0983. The molecular formula is C56H68N8O6. The molecule has 4 heterocycles. The lowest BCUT2D eigenvalue weighted by atomic mass is 9.84. The van der Waals surface area contributed by atoms with Crippen molar-refractivity contribution in [3.8, 4) is 28.1 Å². The molecule has 3 aliphatic rings. The fraction of sp³-hybridized carbons (Fsp3) is 0.464. The van der Waals surface area contributed by atoms with Crippen LogP contribution in [0.15, 0.2) is 95.2 Å². The van der Waals surface area contributed by atoms with Gasteiger partial charge in [0, 0.05) is 66.8 Å². The summed E-state index contributed by atoms with van der Waals surface area (Å²) >= 11 is 0. The third-order valence-electron chi connectivity index (χ3n) is 14.3. The molecule has 0 radical (unpaired) electrons. The molecule has 5 aromatic rings. The number of hydrogen-bond donors (Lipinski definition) is 2. The normalized spacial score (nSPS) is 20.8. The predicted molar refractivity (Wildman–Crippen MR) is 273 cm³/mol. The van der Waals surface area contributed by atoms with Crippen molar-refractivity contribution in [2.45, 2.75) is 124 Å². The summed E-state index contributed by atoms with van der Waals surface area (Å²) in [5.41, 5.74) is 12.0. The number of carbonyl (C=O) groups excluding carboxylic acids is 4. The van der Waals surface area contributed by atoms with Crippen LogP contribution in [0.4, 0.5) is 5.69 Å². The molecule has 0 spiro atoms. The number of cyclic esters (lactones) is 1. The van der Waals surface area contributed by atoms with Gasteiger partial charge in [-0.3, -0.25) is 29.2 Å². The number of nitrogens with one attached hydrogen (secondary N) is 2. The standard InChI is InChI=1S/C56H68N8O6/c1-9-37-24-25-57-32-46(37)51-45-31-56(5,6)33-70-55(68)47-15-12-26-64(61-47)54(67)48(28-36-13-11-14-38(27-36)39-17-23-49(44(45)30-39)63(51)10-2)60-52(65)50(35(3)4)62(7)53(66)40-16-18-42(29-40)59-34-58-41-19-21-43(69-8)22-20-41/h11,13-14,17,19-25,27,30,32,35,40,42,47-48,50,61H,9-10,12,15-16,18,26,28-29,31,33H2,1-8H3,(H,60,65)/t40-,42-,47+,48+,50+/m1/s1. The number of esters is 1. The van der Waals surface area contributed by atoms with Crippen LogP contribution in [-0.4, -0.2) is 101 Å². The fourth-order valence-corrected chi connectivity index (χ4v) is 10.6. The Morgan fingerprint density at radius 2 is 1.81 bits per heavy atom. The number of carbonyl (C=O) groups is 4. The van der Waals surface area contributed by atoms with Gasteiger partial charge in [0.15, 0.2) is 0 Å². The molecular weight excluding hydrogens is 881 g/mol. The third-order valence-corrected chi connectivity index (χ3v) is 14.3. The zero-order valence-corrected chi connectivity index (χ0v) is 42.0. The van der Waals surface area contributed by atoms with E-state index in [0.717, 1.165) is 57.6 Å². The molecule has 3 aromatic carbocycles. The predicted octanol–water partition coefficient (Wildman–Crippen LogP) is 8.77. The maximum atomic E-state index is 14.8. The highest BCUT2D eigenvalue weighted by atomic mass is 16.5. The van der Waals surface area contributed by atoms with Crippen LogP contribution in [0.3, 0.4) is 0 Å². The molecule has 2 fully saturated rings. The maximum absolute atomic E-state index is 14.8. The van der Waals surface area contributed by atoms with Crippen LogP contribution < -0.4 is 15.5 Å². The highest BCUT2D eigenvalue weighted by Crippen LogP contribution is 2.41. The molecule has 0 unspecified atom stereocenters. The van der Waals surface area contributed by atoms with Gasteiger partial charge >= 0.3 is 5.97 Å². The van der Waals surface area contributed by atoms with Crippen molar-refractivity contribution in [2.75, 3.05) is 27.3 Å². The van der Waals surface area contributed by atoms with E-state index in [1.807, 2.05) is 62.6 Å². The number of likely N-dealkylation sites (N-methyl/N-ethyl adjacent to an activating group) is 1. The van der Waals surface area contributed by atoms with E-state index in [4.69, 9.17) is 9.47 Å². The minimum Gasteiger partial charge on any atom is -0.497 e. The van der Waals surface area contributed by atoms with Crippen LogP contribution in [0.2, 0.25) is 0 Å². The van der Waals surface area contributed by atoms with Crippen molar-refractivity contribution in [3.63, 3.8) is 0 Å². The highest BCUT2D eigenvalue weighted by molar-refractivity contribution is 5.96. The average molecular weight is 949 g/mol. The van der Waals surface area contributed by atoms with Crippen molar-refractivity contribution in [1.29, 1.82) is 0 Å². The highest BCUT2D eigenvalue weighted by Gasteiger charge is 2.40. The van der Waals surface area contributed by atoms with Crippen molar-refractivity contribution in [1.82, 2.24) is 30.2 Å². The number of fused-ring (bicyclic) bond motifs is 6. The summed E-state index contributed by atoms with van der Waals surface area (Å²) in [5, 5.41) is 5.70. The van der Waals surface area contributed by atoms with Crippen LogP contribution in [0.25, 0.3) is 33.3 Å². The number of methoxy groups -OCH3 is 1. The van der Waals surface area contributed by atoms with Gasteiger partial charge in [-0.1, -0.05) is 65.0 Å². The number of ether oxygens (including phenoxy) is 2. The molecule has 8 rings (SSSR count). The van der Waals surface area contributed by atoms with Gasteiger partial charge in [-0.2, -0.15) is 4.99 Å². The number of aliphatic imine (C=N–C) groups is 2. The number of pyridine rings is 1. The zero-order valence-electron chi connectivity index (χ0n) is 42.0. The molecule has 2 N–H and O–H groups in total. The third kappa shape index (κ3) is 10.9. The van der Waals surface area contributed by atoms with Gasteiger partial charge in [-0.25, -0.2) is 10.4 Å². The average Bonchev–Trinajstić information content (AvgIpc) is 3.96. The Balaban J connectivity index is 1.10. The first kappa shape index (κ1) is 49.8. The van der Waals surface area contributed by atoms with E-state index in [1.54, 1.807) is 19.1 Å². The fourth-order valence-electron chi connectivity index (χ4n) is 10.6. The first-order valence-electron chi connectivity index (χ1n) is 25.0. The molecule has 1 aliphatic carbocycles. The lowest BCUT2D eigenvalue weighted by Gasteiger charge is -2.37. The summed E-state index contributed by atoms with van der Waals surface area (Å²) in [7, 11) is 3.28. The van der Waals surface area contributed by atoms with Crippen molar-refractivity contribution < 1.29 is 28.7 Å². The minimum atomic E-state index is -1.02. The van der Waals surface area contributed by atoms with Gasteiger partial charge in [0.2, 0.25) is 11.8 Å². The van der Waals surface area contributed by atoms with Crippen LogP contribution in [0, 0.1) is 17.3 Å². The van der Waals surface area contributed by atoms with Gasteiger partial charge in [-0.15, -0.1) is 0 Å². The Morgan fingerprint density at radius 1 is 1.03 bits per heavy atom. The van der Waals surface area contributed by atoms with Gasteiger partial charge in [0.25, 0.3) is 5.91 Å². The number of aryl methyl sites for hydroxylation is 2. The summed E-state index contributed by atoms with van der Waals surface area (Å²) in [4.78, 5) is 72.6. The first-order chi connectivity index (χ1) is 33.7. The van der Waals surface area contributed by atoms with Gasteiger partial charge in [0.05, 0.1) is 37.1 Å². The lowest BCUT2D eigenvalue weighted by Crippen LogP contribution is -2.62. The van der Waals surface area contributed by atoms with Crippen molar-refractivity contribution in [2.24, 2.45) is 27.2 Å². The number of rotatable bonds is 11. The van der Waals surface area contributed by atoms with Gasteiger partial charge in [-0.05, 0) is 128 Å². The van der Waals surface area contributed by atoms with Crippen LogP contribution in [0.1, 0.15) is 90.3 Å². The number of aromatic nitrogens is 2. The molecule has 368 valence electrons. The van der Waals surface area contributed by atoms with E-state index in [1.165, 1.54) is 16.1 Å². The second kappa shape index (κ2) is 21.6. The summed E-state index contributed by atoms with van der Waals surface area (Å²) < 4.78 is 13.7. The summed E-state index contributed by atoms with van der Waals surface area (Å²) in [5.74, 6) is -1.24. The molecule has 14 nitrogen and oxygen atoms in total. The first-order valence-corrected chi connectivity index (χ1v) is 25.0. The van der Waals surface area contributed by atoms with Gasteiger partial charge < -0.3 is 24.3 Å². The van der Waals surface area contributed by atoms with E-state index in [-0.39, 0.29) is 42.7 Å². The summed E-state index contributed by atoms with van der Waals surface area (Å²) in [6.07, 6.45) is 8.38. The topological polar surface area (TPSA) is 160 Å². The Kier molecular flexibility index (Phi) is 15.3. The van der Waals surface area contributed by atoms with Crippen molar-refractivity contribution in [3.05, 3.63) is 102 Å². The van der Waals surface area contributed by atoms with Gasteiger partial charge in [0.1, 0.15) is 23.9 Å². The van der Waals surface area contributed by atoms with Crippen LogP contribution >= 0.6 is 0 Å². The Hall–Kier alpha value is -6.63. The van der Waals surface area contributed by atoms with Crippen LogP contribution in [0.5, 0.6) is 5.75 Å². The second-order valence-corrected chi connectivity index (χ2v) is 20.3. The van der Waals surface area contributed by atoms with E-state index in [0.29, 0.717) is 50.8 Å². The molecule has 70 heavy (non-hydrogen) atoms. The smallest absolute Gasteiger partial charge is 0.324 e. The number of nitrogens with zero attached hydrogens (tertiary/aromatic N) is 6. The molecule has 5 atom stereocenters. The van der Waals surface area contributed by atoms with E-state index < -0.39 is 35.4 Å². The summed E-state index contributed by atoms with van der Waals surface area (Å²) in [6.45, 7) is 13.7. The summed E-state index contributed by atoms with van der Waals surface area (Å²) in [6, 6.07) is 24.2. The molecule has 2 aliphatic heterocycles. The molecule has 14 heteroatoms. The van der Waals surface area contributed by atoms with Crippen LogP contribution in [-0.2, 0) is 49.7 Å². The Morgan fingerprint density at radius 3 is 2.56 bits per heavy atom. The Bertz CT molecular complexity index is 2790. The number of hydrogen-bond acceptors (Lipinski definition) is 10. The molecule has 1 saturated heterocycles.